The second-order valence-corrected chi connectivity index (χ2v) is 20.1. The molecule has 2 aliphatic heterocycles. The number of hydrogen-bond acceptors (Lipinski definition) is 21. The van der Waals surface area contributed by atoms with Crippen molar-refractivity contribution in [3.63, 3.8) is 0 Å². The summed E-state index contributed by atoms with van der Waals surface area (Å²) in [6.07, 6.45) is -8.81. The summed E-state index contributed by atoms with van der Waals surface area (Å²) in [7, 11) is -16.4. The van der Waals surface area contributed by atoms with E-state index in [1.165, 1.54) is 21.7 Å². The Hall–Kier alpha value is -5.35. The lowest BCUT2D eigenvalue weighted by atomic mass is 10.0. The van der Waals surface area contributed by atoms with Gasteiger partial charge in [-0.3, -0.25) is 37.8 Å². The summed E-state index contributed by atoms with van der Waals surface area (Å²) >= 11 is 0. The molecular weight excluding hydrogens is 953 g/mol. The number of aliphatic hydroxyl groups excluding tert-OH is 4. The summed E-state index contributed by atoms with van der Waals surface area (Å²) in [5.41, 5.74) is 14.8. The number of phosphoric acid groups is 3. The van der Waals surface area contributed by atoms with Crippen molar-refractivity contribution in [1.29, 1.82) is 0 Å². The molecule has 28 nitrogen and oxygen atoms in total. The molecule has 11 atom stereocenters. The second-order valence-electron chi connectivity index (χ2n) is 15.5. The average Bonchev–Trinajstić information content (AvgIpc) is 4.03. The molecule has 0 radical (unpaired) electrons. The molecule has 6 aromatic rings. The fourth-order valence-corrected chi connectivity index (χ4v) is 11.7. The number of ether oxygens (including phenoxy) is 2. The SMILES string of the molecule is Cn1c(/C=C/c2ccc3c(c2)Cc2ccccc2-3)[n+]([C@@H]2O[C@H](COP(=O)([O-])OP(=O)(O)OP(=O)(O)OC[C@H]3O[C@@H](n4cnc5c(=O)[nH]c(N)nc54)[C@H](O)[C@@H]3O)[C@@H](O)[C@H]2O)c2nc(N)[nH]c(=O)c21. The summed E-state index contributed by atoms with van der Waals surface area (Å²) in [6.45, 7) is -2.31. The lowest BCUT2D eigenvalue weighted by Gasteiger charge is -2.26. The minimum Gasteiger partial charge on any atom is -0.756 e. The van der Waals surface area contributed by atoms with Gasteiger partial charge in [-0.1, -0.05) is 47.4 Å². The van der Waals surface area contributed by atoms with Gasteiger partial charge in [-0.15, -0.1) is 0 Å². The van der Waals surface area contributed by atoms with E-state index < -0.39 is 96.9 Å². The Morgan fingerprint density at radius 3 is 2.30 bits per heavy atom. The van der Waals surface area contributed by atoms with Crippen LogP contribution in [0.15, 0.2) is 58.4 Å². The fraction of sp³-hybridized carbons (Fsp3) is 0.333. The van der Waals surface area contributed by atoms with E-state index in [2.05, 4.69) is 48.7 Å². The number of fused-ring (bicyclic) bond motifs is 5. The Kier molecular flexibility index (Phi) is 12.1. The van der Waals surface area contributed by atoms with Crippen LogP contribution in [0.2, 0.25) is 0 Å². The number of aromatic nitrogens is 8. The molecule has 0 amide bonds. The maximum atomic E-state index is 13.1. The first-order chi connectivity index (χ1) is 31.6. The Morgan fingerprint density at radius 1 is 0.851 bits per heavy atom. The Labute approximate surface area is 374 Å². The molecule has 31 heteroatoms. The van der Waals surface area contributed by atoms with Gasteiger partial charge in [-0.25, -0.2) is 18.4 Å². The first kappa shape index (κ1) is 46.7. The van der Waals surface area contributed by atoms with Crippen molar-refractivity contribution in [3.05, 3.63) is 92.0 Å². The number of aromatic amines is 2. The molecule has 67 heavy (non-hydrogen) atoms. The second kappa shape index (κ2) is 17.3. The third-order valence-corrected chi connectivity index (χ3v) is 15.4. The highest BCUT2D eigenvalue weighted by Crippen LogP contribution is 2.66. The molecule has 9 rings (SSSR count). The van der Waals surface area contributed by atoms with Gasteiger partial charge < -0.3 is 60.6 Å². The smallest absolute Gasteiger partial charge is 0.487 e. The van der Waals surface area contributed by atoms with Crippen LogP contribution in [0.1, 0.15) is 35.0 Å². The van der Waals surface area contributed by atoms with Crippen molar-refractivity contribution in [3.8, 4) is 11.1 Å². The van der Waals surface area contributed by atoms with Gasteiger partial charge in [-0.05, 0) is 40.3 Å². The van der Waals surface area contributed by atoms with Crippen molar-refractivity contribution in [1.82, 2.24) is 34.1 Å². The zero-order valence-electron chi connectivity index (χ0n) is 34.3. The Bertz CT molecular complexity index is 3250. The van der Waals surface area contributed by atoms with Gasteiger partial charge in [0.25, 0.3) is 24.9 Å². The van der Waals surface area contributed by atoms with Crippen LogP contribution < -0.4 is 32.0 Å². The molecule has 6 heterocycles. The number of nitrogens with zero attached hydrogens (tertiary/aromatic N) is 6. The van der Waals surface area contributed by atoms with Crippen LogP contribution in [0.25, 0.3) is 45.6 Å². The number of hydrogen-bond donors (Lipinski definition) is 10. The molecule has 1 aliphatic carbocycles. The van der Waals surface area contributed by atoms with Crippen LogP contribution in [-0.2, 0) is 54.3 Å². The Balaban J connectivity index is 0.856. The van der Waals surface area contributed by atoms with E-state index in [4.69, 9.17) is 20.9 Å². The normalized spacial score (nSPS) is 26.5. The summed E-state index contributed by atoms with van der Waals surface area (Å²) in [5, 5.41) is 43.5. The first-order valence-electron chi connectivity index (χ1n) is 19.7. The molecule has 3 aliphatic rings. The molecule has 3 unspecified atom stereocenters. The van der Waals surface area contributed by atoms with Gasteiger partial charge in [-0.2, -0.15) is 13.9 Å². The zero-order chi connectivity index (χ0) is 47.9. The molecule has 2 saturated heterocycles. The third-order valence-electron chi connectivity index (χ3n) is 11.2. The number of aryl methyl sites for hydroxylation is 1. The van der Waals surface area contributed by atoms with Crippen molar-refractivity contribution < 1.29 is 80.5 Å². The number of nitrogens with one attached hydrogen (secondary N) is 2. The van der Waals surface area contributed by atoms with Crippen molar-refractivity contribution in [2.75, 3.05) is 24.7 Å². The predicted molar refractivity (Wildman–Crippen MR) is 225 cm³/mol. The molecule has 0 spiro atoms. The minimum absolute atomic E-state index is 0.0242. The van der Waals surface area contributed by atoms with E-state index in [0.29, 0.717) is 6.42 Å². The summed E-state index contributed by atoms with van der Waals surface area (Å²) in [4.78, 5) is 75.0. The van der Waals surface area contributed by atoms with Crippen LogP contribution in [0.5, 0.6) is 0 Å². The maximum Gasteiger partial charge on any atom is 0.487 e. The highest BCUT2D eigenvalue weighted by atomic mass is 31.3. The standard InChI is InChI=1S/C36H39N10O18P3/c1-44-22(9-7-15-6-8-19-17(10-15)11-16-4-2-3-5-18(16)19)46(30-24(44)32(52)43-36(38)41-30)34-28(50)26(48)21(62-34)13-60-66(55,56)64-67(57,58)63-65(53,54)59-12-20-25(47)27(49)33(61-20)45-14-39-23-29(45)40-35(37)42-31(23)51/h2-10,14,20-21,25-28,33-34,47-50H,11-13H2,1H3,(H8-,37,38,40,41,42,43,51,52,53,54,55,56,57,58)/b9-7+/t20-,21-,25-,26-,27-,28-,33-,34-/m1/s1. The van der Waals surface area contributed by atoms with Gasteiger partial charge in [0.2, 0.25) is 23.5 Å². The number of nitrogens with two attached hydrogens (primary N) is 2. The van der Waals surface area contributed by atoms with Gasteiger partial charge in [0, 0.05) is 6.08 Å². The lowest BCUT2D eigenvalue weighted by molar-refractivity contribution is -0.747. The van der Waals surface area contributed by atoms with Crippen LogP contribution >= 0.6 is 23.5 Å². The molecule has 2 aromatic carbocycles. The third kappa shape index (κ3) is 8.95. The van der Waals surface area contributed by atoms with Crippen LogP contribution in [0, 0.1) is 0 Å². The predicted octanol–water partition coefficient (Wildman–Crippen LogP) is -1.44. The van der Waals surface area contributed by atoms with Crippen LogP contribution in [0.3, 0.4) is 0 Å². The summed E-state index contributed by atoms with van der Waals surface area (Å²) < 4.78 is 70.7. The number of anilines is 2. The van der Waals surface area contributed by atoms with E-state index in [0.717, 1.165) is 33.1 Å². The number of H-pyrrole nitrogens is 2. The summed E-state index contributed by atoms with van der Waals surface area (Å²) in [6, 6.07) is 13.9. The molecule has 2 fully saturated rings. The highest BCUT2D eigenvalue weighted by molar-refractivity contribution is 7.66. The highest BCUT2D eigenvalue weighted by Gasteiger charge is 2.50. The van der Waals surface area contributed by atoms with E-state index in [1.54, 1.807) is 12.2 Å². The average molecular weight is 993 g/mol. The topological polar surface area (TPSA) is 421 Å². The number of imidazole rings is 2. The molecular formula is C36H39N10O18P3. The van der Waals surface area contributed by atoms with Crippen molar-refractivity contribution in [2.24, 2.45) is 7.05 Å². The quantitative estimate of drug-likeness (QED) is 0.0441. The first-order valence-corrected chi connectivity index (χ1v) is 24.2. The number of benzene rings is 2. The van der Waals surface area contributed by atoms with Crippen LogP contribution in [0.4, 0.5) is 11.9 Å². The molecule has 0 bridgehead atoms. The maximum absolute atomic E-state index is 13.1. The van der Waals surface area contributed by atoms with Crippen molar-refractivity contribution >= 4 is 69.8 Å². The van der Waals surface area contributed by atoms with Gasteiger partial charge in [0.15, 0.2) is 17.4 Å². The molecule has 4 aromatic heterocycles. The lowest BCUT2D eigenvalue weighted by Crippen LogP contribution is -2.48. The van der Waals surface area contributed by atoms with Gasteiger partial charge in [0.1, 0.15) is 36.6 Å². The number of aliphatic hydroxyl groups is 4. The van der Waals surface area contributed by atoms with E-state index >= 15 is 0 Å². The number of phosphoric ester groups is 2. The van der Waals surface area contributed by atoms with Crippen molar-refractivity contribution in [2.45, 2.75) is 55.5 Å². The van der Waals surface area contributed by atoms with Crippen LogP contribution in [-0.4, -0.2) is 114 Å². The Morgan fingerprint density at radius 2 is 1.52 bits per heavy atom. The fourth-order valence-electron chi connectivity index (χ4n) is 8.17. The number of rotatable bonds is 14. The molecule has 12 N–H and O–H groups in total. The summed E-state index contributed by atoms with van der Waals surface area (Å²) in [5.74, 6) is -0.427. The molecule has 356 valence electrons. The van der Waals surface area contributed by atoms with E-state index in [9.17, 15) is 58.4 Å². The zero-order valence-corrected chi connectivity index (χ0v) is 37.0. The number of nitrogen functional groups attached to an aromatic ring is 2. The van der Waals surface area contributed by atoms with Gasteiger partial charge in [0.05, 0.1) is 26.6 Å². The largest absolute Gasteiger partial charge is 0.756 e. The minimum atomic E-state index is -6.13. The molecule has 0 saturated carbocycles. The van der Waals surface area contributed by atoms with E-state index in [-0.39, 0.29) is 40.0 Å². The monoisotopic (exact) mass is 992 g/mol. The van der Waals surface area contributed by atoms with Gasteiger partial charge >= 0.3 is 21.3 Å². The van der Waals surface area contributed by atoms with E-state index in [1.807, 2.05) is 36.4 Å².